The van der Waals surface area contributed by atoms with Crippen molar-refractivity contribution in [3.05, 3.63) is 0 Å². The fourth-order valence-corrected chi connectivity index (χ4v) is 2.87. The molecule has 1 aliphatic heterocycles. The quantitative estimate of drug-likeness (QED) is 0.714. The van der Waals surface area contributed by atoms with Crippen LogP contribution in [-0.4, -0.2) is 48.4 Å². The highest BCUT2D eigenvalue weighted by molar-refractivity contribution is 5.90. The average Bonchev–Trinajstić information content (AvgIpc) is 2.96. The van der Waals surface area contributed by atoms with Crippen LogP contribution in [0.25, 0.3) is 0 Å². The first-order valence-electron chi connectivity index (χ1n) is 8.32. The van der Waals surface area contributed by atoms with Crippen molar-refractivity contribution in [2.75, 3.05) is 19.6 Å². The second-order valence-corrected chi connectivity index (χ2v) is 6.22. The van der Waals surface area contributed by atoms with Gasteiger partial charge < -0.3 is 15.5 Å². The number of hydrogen-bond acceptors (Lipinski definition) is 3. The van der Waals surface area contributed by atoms with Crippen LogP contribution in [0.15, 0.2) is 0 Å². The van der Waals surface area contributed by atoms with Crippen molar-refractivity contribution in [3.63, 3.8) is 0 Å². The topological polar surface area (TPSA) is 61.4 Å². The van der Waals surface area contributed by atoms with Gasteiger partial charge in [-0.2, -0.15) is 0 Å². The van der Waals surface area contributed by atoms with E-state index in [9.17, 15) is 9.59 Å². The number of likely N-dealkylation sites (N-methyl/N-ethyl adjacent to an activating group) is 1. The Bertz CT molecular complexity index is 338. The highest BCUT2D eigenvalue weighted by Crippen LogP contribution is 2.17. The fourth-order valence-electron chi connectivity index (χ4n) is 2.87. The first-order valence-corrected chi connectivity index (χ1v) is 8.32. The van der Waals surface area contributed by atoms with E-state index in [1.165, 1.54) is 0 Å². The average molecular weight is 297 g/mol. The van der Waals surface area contributed by atoms with Crippen molar-refractivity contribution < 1.29 is 9.59 Å². The minimum Gasteiger partial charge on any atom is -0.355 e. The molecule has 5 nitrogen and oxygen atoms in total. The molecule has 2 atom stereocenters. The predicted octanol–water partition coefficient (Wildman–Crippen LogP) is 1.53. The Hall–Kier alpha value is -1.10. The van der Waals surface area contributed by atoms with Crippen molar-refractivity contribution in [1.82, 2.24) is 15.5 Å². The van der Waals surface area contributed by atoms with Gasteiger partial charge in [0.25, 0.3) is 0 Å². The SMILES string of the molecule is CCCN(C(=O)[C@@H]1CCCN1)[C@H](CC(C)C)C(=O)NCC. The molecule has 1 heterocycles. The van der Waals surface area contributed by atoms with E-state index in [-0.39, 0.29) is 23.9 Å². The Balaban J connectivity index is 2.88. The van der Waals surface area contributed by atoms with Gasteiger partial charge in [-0.15, -0.1) is 0 Å². The van der Waals surface area contributed by atoms with Gasteiger partial charge in [-0.1, -0.05) is 20.8 Å². The highest BCUT2D eigenvalue weighted by atomic mass is 16.2. The number of rotatable bonds is 8. The largest absolute Gasteiger partial charge is 0.355 e. The van der Waals surface area contributed by atoms with E-state index in [4.69, 9.17) is 0 Å². The summed E-state index contributed by atoms with van der Waals surface area (Å²) in [6.07, 6.45) is 3.49. The molecule has 1 fully saturated rings. The molecule has 1 saturated heterocycles. The van der Waals surface area contributed by atoms with Crippen molar-refractivity contribution in [3.8, 4) is 0 Å². The third-order valence-corrected chi connectivity index (χ3v) is 3.83. The van der Waals surface area contributed by atoms with Crippen LogP contribution in [-0.2, 0) is 9.59 Å². The molecule has 5 heteroatoms. The van der Waals surface area contributed by atoms with Crippen LogP contribution in [0, 0.1) is 5.92 Å². The monoisotopic (exact) mass is 297 g/mol. The van der Waals surface area contributed by atoms with Crippen LogP contribution in [0.5, 0.6) is 0 Å². The van der Waals surface area contributed by atoms with Gasteiger partial charge >= 0.3 is 0 Å². The summed E-state index contributed by atoms with van der Waals surface area (Å²) < 4.78 is 0. The maximum absolute atomic E-state index is 12.8. The fraction of sp³-hybridized carbons (Fsp3) is 0.875. The summed E-state index contributed by atoms with van der Waals surface area (Å²) in [7, 11) is 0. The molecule has 2 amide bonds. The number of nitrogens with zero attached hydrogens (tertiary/aromatic N) is 1. The molecule has 1 aliphatic rings. The molecule has 0 aromatic heterocycles. The Morgan fingerprint density at radius 3 is 2.52 bits per heavy atom. The molecule has 0 aliphatic carbocycles. The van der Waals surface area contributed by atoms with Crippen molar-refractivity contribution in [2.24, 2.45) is 5.92 Å². The number of nitrogens with one attached hydrogen (secondary N) is 2. The Kier molecular flexibility index (Phi) is 7.72. The van der Waals surface area contributed by atoms with E-state index in [0.29, 0.717) is 25.4 Å². The summed E-state index contributed by atoms with van der Waals surface area (Å²) in [6, 6.07) is -0.458. The van der Waals surface area contributed by atoms with Crippen LogP contribution < -0.4 is 10.6 Å². The second-order valence-electron chi connectivity index (χ2n) is 6.22. The van der Waals surface area contributed by atoms with E-state index in [1.807, 2.05) is 13.8 Å². The zero-order valence-electron chi connectivity index (χ0n) is 13.9. The molecule has 1 rings (SSSR count). The third-order valence-electron chi connectivity index (χ3n) is 3.83. The van der Waals surface area contributed by atoms with Crippen molar-refractivity contribution in [2.45, 2.75) is 65.5 Å². The van der Waals surface area contributed by atoms with Gasteiger partial charge in [0, 0.05) is 13.1 Å². The molecule has 0 aromatic rings. The van der Waals surface area contributed by atoms with Gasteiger partial charge in [0.1, 0.15) is 6.04 Å². The first kappa shape index (κ1) is 18.0. The predicted molar refractivity (Wildman–Crippen MR) is 85.0 cm³/mol. The van der Waals surface area contributed by atoms with E-state index < -0.39 is 0 Å². The Labute approximate surface area is 128 Å². The van der Waals surface area contributed by atoms with E-state index >= 15 is 0 Å². The van der Waals surface area contributed by atoms with E-state index in [0.717, 1.165) is 25.8 Å². The zero-order chi connectivity index (χ0) is 15.8. The Morgan fingerprint density at radius 2 is 2.05 bits per heavy atom. The summed E-state index contributed by atoms with van der Waals surface area (Å²) in [4.78, 5) is 26.9. The van der Waals surface area contributed by atoms with Crippen LogP contribution in [0.3, 0.4) is 0 Å². The van der Waals surface area contributed by atoms with Crippen LogP contribution in [0.1, 0.15) is 53.4 Å². The van der Waals surface area contributed by atoms with Gasteiger partial charge in [-0.25, -0.2) is 0 Å². The summed E-state index contributed by atoms with van der Waals surface area (Å²) in [5.74, 6) is 0.443. The molecule has 2 N–H and O–H groups in total. The van der Waals surface area contributed by atoms with Gasteiger partial charge in [-0.3, -0.25) is 9.59 Å². The number of carbonyl (C=O) groups is 2. The molecule has 0 spiro atoms. The molecule has 122 valence electrons. The number of hydrogen-bond donors (Lipinski definition) is 2. The standard InChI is InChI=1S/C16H31N3O2/c1-5-10-19(16(21)13-8-7-9-18-13)14(11-12(3)4)15(20)17-6-2/h12-14,18H,5-11H2,1-4H3,(H,17,20)/t13-,14+/m0/s1. The summed E-state index contributed by atoms with van der Waals surface area (Å²) in [6.45, 7) is 10.3. The number of carbonyl (C=O) groups excluding carboxylic acids is 2. The molecular weight excluding hydrogens is 266 g/mol. The van der Waals surface area contributed by atoms with Crippen LogP contribution >= 0.6 is 0 Å². The van der Waals surface area contributed by atoms with Crippen molar-refractivity contribution in [1.29, 1.82) is 0 Å². The lowest BCUT2D eigenvalue weighted by molar-refractivity contribution is -0.142. The summed E-state index contributed by atoms with van der Waals surface area (Å²) in [5.41, 5.74) is 0. The molecule has 0 saturated carbocycles. The molecule has 0 aromatic carbocycles. The lowest BCUT2D eigenvalue weighted by Gasteiger charge is -2.33. The highest BCUT2D eigenvalue weighted by Gasteiger charge is 2.34. The zero-order valence-corrected chi connectivity index (χ0v) is 13.9. The maximum Gasteiger partial charge on any atom is 0.242 e. The smallest absolute Gasteiger partial charge is 0.242 e. The molecule has 21 heavy (non-hydrogen) atoms. The number of amides is 2. The molecule has 0 bridgehead atoms. The lowest BCUT2D eigenvalue weighted by Crippen LogP contribution is -2.54. The third kappa shape index (κ3) is 5.30. The normalized spacial score (nSPS) is 19.6. The van der Waals surface area contributed by atoms with Crippen LogP contribution in [0.2, 0.25) is 0 Å². The maximum atomic E-state index is 12.8. The first-order chi connectivity index (χ1) is 10.0. The van der Waals surface area contributed by atoms with E-state index in [1.54, 1.807) is 4.90 Å². The molecule has 0 unspecified atom stereocenters. The molecular formula is C16H31N3O2. The van der Waals surface area contributed by atoms with Gasteiger partial charge in [-0.05, 0) is 45.1 Å². The van der Waals surface area contributed by atoms with Gasteiger partial charge in [0.15, 0.2) is 0 Å². The van der Waals surface area contributed by atoms with Gasteiger partial charge in [0.2, 0.25) is 11.8 Å². The minimum absolute atomic E-state index is 0.0222. The van der Waals surface area contributed by atoms with Gasteiger partial charge in [0.05, 0.1) is 6.04 Å². The summed E-state index contributed by atoms with van der Waals surface area (Å²) in [5, 5.41) is 6.13. The van der Waals surface area contributed by atoms with Crippen molar-refractivity contribution >= 4 is 11.8 Å². The minimum atomic E-state index is -0.347. The lowest BCUT2D eigenvalue weighted by atomic mass is 10.00. The second kappa shape index (κ2) is 9.03. The van der Waals surface area contributed by atoms with E-state index in [2.05, 4.69) is 24.5 Å². The van der Waals surface area contributed by atoms with Crippen LogP contribution in [0.4, 0.5) is 0 Å². The Morgan fingerprint density at radius 1 is 1.33 bits per heavy atom. The summed E-state index contributed by atoms with van der Waals surface area (Å²) >= 11 is 0. The molecule has 0 radical (unpaired) electrons.